The van der Waals surface area contributed by atoms with Crippen molar-refractivity contribution >= 4 is 15.5 Å². The van der Waals surface area contributed by atoms with Gasteiger partial charge in [0.05, 0.1) is 4.90 Å². The third-order valence-electron chi connectivity index (χ3n) is 4.00. The third-order valence-corrected chi connectivity index (χ3v) is 5.12. The Kier molecular flexibility index (Phi) is 5.65. The smallest absolute Gasteiger partial charge is 0.175 e. The Bertz CT molecular complexity index is 532. The quantitative estimate of drug-likeness (QED) is 0.878. The average Bonchev–Trinajstić information content (AvgIpc) is 2.67. The highest BCUT2D eigenvalue weighted by atomic mass is 32.2. The van der Waals surface area contributed by atoms with Gasteiger partial charge in [-0.2, -0.15) is 0 Å². The van der Waals surface area contributed by atoms with E-state index in [1.54, 1.807) is 12.1 Å². The fourth-order valence-electron chi connectivity index (χ4n) is 2.87. The molecular weight excluding hydrogens is 284 g/mol. The minimum absolute atomic E-state index is 0.365. The standard InChI is InChI=1S/C16H26N2O2S/c1-13(12-15-6-4-3-5-11-17-15)18-14-7-9-16(10-8-14)21(2,19)20/h7-10,13,15,17-18H,3-6,11-12H2,1-2H3. The molecule has 5 heteroatoms. The van der Waals surface area contributed by atoms with Crippen LogP contribution < -0.4 is 10.6 Å². The molecule has 118 valence electrons. The summed E-state index contributed by atoms with van der Waals surface area (Å²) in [6.45, 7) is 3.30. The monoisotopic (exact) mass is 310 g/mol. The van der Waals surface area contributed by atoms with E-state index in [1.807, 2.05) is 12.1 Å². The summed E-state index contributed by atoms with van der Waals surface area (Å²) >= 11 is 0. The minimum Gasteiger partial charge on any atom is -0.383 e. The second-order valence-electron chi connectivity index (χ2n) is 6.08. The first-order valence-corrected chi connectivity index (χ1v) is 9.64. The molecule has 2 rings (SSSR count). The number of sulfone groups is 1. The van der Waals surface area contributed by atoms with Gasteiger partial charge in [-0.05, 0) is 57.0 Å². The maximum Gasteiger partial charge on any atom is 0.175 e. The molecule has 0 radical (unpaired) electrons. The molecule has 0 spiro atoms. The summed E-state index contributed by atoms with van der Waals surface area (Å²) in [6.07, 6.45) is 7.50. The van der Waals surface area contributed by atoms with E-state index in [0.717, 1.165) is 18.7 Å². The van der Waals surface area contributed by atoms with Crippen LogP contribution in [0.4, 0.5) is 5.69 Å². The molecule has 1 heterocycles. The number of anilines is 1. The molecule has 0 bridgehead atoms. The van der Waals surface area contributed by atoms with E-state index < -0.39 is 9.84 Å². The van der Waals surface area contributed by atoms with Crippen molar-refractivity contribution in [1.29, 1.82) is 0 Å². The topological polar surface area (TPSA) is 58.2 Å². The minimum atomic E-state index is -3.11. The Hall–Kier alpha value is -1.07. The summed E-state index contributed by atoms with van der Waals surface area (Å²) in [5.74, 6) is 0. The van der Waals surface area contributed by atoms with Gasteiger partial charge >= 0.3 is 0 Å². The van der Waals surface area contributed by atoms with Gasteiger partial charge < -0.3 is 10.6 Å². The summed E-state index contributed by atoms with van der Waals surface area (Å²) < 4.78 is 22.9. The molecule has 1 aliphatic rings. The van der Waals surface area contributed by atoms with E-state index in [2.05, 4.69) is 17.6 Å². The van der Waals surface area contributed by atoms with E-state index in [4.69, 9.17) is 0 Å². The van der Waals surface area contributed by atoms with Crippen molar-refractivity contribution in [3.8, 4) is 0 Å². The number of rotatable bonds is 5. The van der Waals surface area contributed by atoms with Gasteiger partial charge in [0.15, 0.2) is 9.84 Å². The molecule has 0 saturated carbocycles. The molecule has 2 atom stereocenters. The Morgan fingerprint density at radius 3 is 2.62 bits per heavy atom. The van der Waals surface area contributed by atoms with E-state index >= 15 is 0 Å². The molecule has 2 unspecified atom stereocenters. The van der Waals surface area contributed by atoms with Crippen LogP contribution in [0, 0.1) is 0 Å². The molecule has 21 heavy (non-hydrogen) atoms. The highest BCUT2D eigenvalue weighted by Gasteiger charge is 2.15. The lowest BCUT2D eigenvalue weighted by atomic mass is 10.0. The van der Waals surface area contributed by atoms with Gasteiger partial charge in [0.1, 0.15) is 0 Å². The Balaban J connectivity index is 1.88. The lowest BCUT2D eigenvalue weighted by molar-refractivity contribution is 0.456. The Labute approximate surface area is 128 Å². The molecular formula is C16H26N2O2S. The largest absolute Gasteiger partial charge is 0.383 e. The van der Waals surface area contributed by atoms with Crippen LogP contribution in [0.3, 0.4) is 0 Å². The second-order valence-corrected chi connectivity index (χ2v) is 8.09. The molecule has 1 saturated heterocycles. The van der Waals surface area contributed by atoms with Crippen molar-refractivity contribution in [2.45, 2.75) is 56.0 Å². The van der Waals surface area contributed by atoms with Gasteiger partial charge in [-0.25, -0.2) is 8.42 Å². The summed E-state index contributed by atoms with van der Waals surface area (Å²) in [4.78, 5) is 0.367. The highest BCUT2D eigenvalue weighted by molar-refractivity contribution is 7.90. The van der Waals surface area contributed by atoms with E-state index in [-0.39, 0.29) is 0 Å². The normalized spacial score (nSPS) is 21.5. The van der Waals surface area contributed by atoms with Gasteiger partial charge in [-0.3, -0.25) is 0 Å². The number of benzene rings is 1. The van der Waals surface area contributed by atoms with Crippen molar-refractivity contribution in [2.24, 2.45) is 0 Å². The van der Waals surface area contributed by atoms with E-state index in [9.17, 15) is 8.42 Å². The summed E-state index contributed by atoms with van der Waals surface area (Å²) in [5, 5.41) is 7.06. The molecule has 1 fully saturated rings. The van der Waals surface area contributed by atoms with Crippen LogP contribution >= 0.6 is 0 Å². The van der Waals surface area contributed by atoms with Crippen molar-refractivity contribution < 1.29 is 8.42 Å². The van der Waals surface area contributed by atoms with Crippen molar-refractivity contribution in [2.75, 3.05) is 18.1 Å². The van der Waals surface area contributed by atoms with Crippen LogP contribution in [-0.4, -0.2) is 33.3 Å². The highest BCUT2D eigenvalue weighted by Crippen LogP contribution is 2.17. The van der Waals surface area contributed by atoms with Crippen LogP contribution in [0.2, 0.25) is 0 Å². The number of nitrogens with one attached hydrogen (secondary N) is 2. The van der Waals surface area contributed by atoms with E-state index in [1.165, 1.54) is 31.9 Å². The van der Waals surface area contributed by atoms with Crippen molar-refractivity contribution in [3.05, 3.63) is 24.3 Å². The van der Waals surface area contributed by atoms with Crippen LogP contribution in [0.25, 0.3) is 0 Å². The van der Waals surface area contributed by atoms with Gasteiger partial charge in [0.2, 0.25) is 0 Å². The molecule has 1 aliphatic heterocycles. The molecule has 2 N–H and O–H groups in total. The first kappa shape index (κ1) is 16.3. The fraction of sp³-hybridized carbons (Fsp3) is 0.625. The average molecular weight is 310 g/mol. The van der Waals surface area contributed by atoms with Gasteiger partial charge in [-0.15, -0.1) is 0 Å². The predicted octanol–water partition coefficient (Wildman–Crippen LogP) is 2.81. The summed E-state index contributed by atoms with van der Waals surface area (Å²) in [6, 6.07) is 7.96. The lowest BCUT2D eigenvalue weighted by Crippen LogP contribution is -2.33. The SMILES string of the molecule is CC(CC1CCCCCN1)Nc1ccc(S(C)(=O)=O)cc1. The maximum atomic E-state index is 11.4. The number of hydrogen-bond donors (Lipinski definition) is 2. The second kappa shape index (κ2) is 7.27. The van der Waals surface area contributed by atoms with Crippen LogP contribution in [-0.2, 0) is 9.84 Å². The lowest BCUT2D eigenvalue weighted by Gasteiger charge is -2.22. The first-order chi connectivity index (χ1) is 9.95. The molecule has 1 aromatic rings. The fourth-order valence-corrected chi connectivity index (χ4v) is 3.50. The van der Waals surface area contributed by atoms with Gasteiger partial charge in [0.25, 0.3) is 0 Å². The molecule has 0 aromatic heterocycles. The van der Waals surface area contributed by atoms with Crippen molar-refractivity contribution in [1.82, 2.24) is 5.32 Å². The zero-order chi connectivity index (χ0) is 15.3. The van der Waals surface area contributed by atoms with Crippen LogP contribution in [0.1, 0.15) is 39.0 Å². The summed E-state index contributed by atoms with van der Waals surface area (Å²) in [7, 11) is -3.11. The zero-order valence-corrected chi connectivity index (χ0v) is 13.7. The van der Waals surface area contributed by atoms with E-state index in [0.29, 0.717) is 17.0 Å². The zero-order valence-electron chi connectivity index (χ0n) is 12.9. The molecule has 1 aromatic carbocycles. The van der Waals surface area contributed by atoms with Crippen LogP contribution in [0.5, 0.6) is 0 Å². The predicted molar refractivity (Wildman–Crippen MR) is 87.5 cm³/mol. The van der Waals surface area contributed by atoms with Crippen molar-refractivity contribution in [3.63, 3.8) is 0 Å². The third kappa shape index (κ3) is 5.32. The van der Waals surface area contributed by atoms with Gasteiger partial charge in [-0.1, -0.05) is 12.8 Å². The summed E-state index contributed by atoms with van der Waals surface area (Å²) in [5.41, 5.74) is 0.975. The maximum absolute atomic E-state index is 11.4. The molecule has 0 amide bonds. The number of hydrogen-bond acceptors (Lipinski definition) is 4. The van der Waals surface area contributed by atoms with Gasteiger partial charge in [0, 0.05) is 24.0 Å². The Morgan fingerprint density at radius 2 is 1.95 bits per heavy atom. The first-order valence-electron chi connectivity index (χ1n) is 7.75. The van der Waals surface area contributed by atoms with Crippen LogP contribution in [0.15, 0.2) is 29.2 Å². The Morgan fingerprint density at radius 1 is 1.24 bits per heavy atom. The molecule has 4 nitrogen and oxygen atoms in total. The molecule has 0 aliphatic carbocycles.